The van der Waals surface area contributed by atoms with Crippen molar-refractivity contribution in [3.8, 4) is 17.2 Å². The van der Waals surface area contributed by atoms with Crippen LogP contribution in [0.1, 0.15) is 114 Å². The zero-order chi connectivity index (χ0) is 46.2. The van der Waals surface area contributed by atoms with Crippen LogP contribution in [0, 0.1) is 31.6 Å². The van der Waals surface area contributed by atoms with Gasteiger partial charge in [0, 0.05) is 54.9 Å². The normalized spacial score (nSPS) is 33.8. The van der Waals surface area contributed by atoms with Gasteiger partial charge in [-0.3, -0.25) is 29.0 Å². The van der Waals surface area contributed by atoms with Gasteiger partial charge in [-0.15, -0.1) is 0 Å². The van der Waals surface area contributed by atoms with E-state index in [0.29, 0.717) is 61.9 Å². The molecule has 4 aromatic rings. The Labute approximate surface area is 396 Å². The molecule has 0 aromatic heterocycles. The van der Waals surface area contributed by atoms with Crippen LogP contribution in [0.2, 0.25) is 0 Å². The summed E-state index contributed by atoms with van der Waals surface area (Å²) in [7, 11) is 0. The maximum Gasteiger partial charge on any atom is 0.315 e. The van der Waals surface area contributed by atoms with Crippen LogP contribution in [0.25, 0.3) is 10.8 Å². The first-order valence-corrected chi connectivity index (χ1v) is 25.7. The minimum absolute atomic E-state index is 0.00798. The number of Topliss-reactive ketones (excluding diaryl/α,β-unsaturated/α-hetero) is 2. The van der Waals surface area contributed by atoms with Gasteiger partial charge in [-0.2, -0.15) is 0 Å². The molecule has 3 heterocycles. The van der Waals surface area contributed by atoms with Crippen molar-refractivity contribution >= 4 is 34.3 Å². The molecule has 4 aromatic carbocycles. The van der Waals surface area contributed by atoms with Crippen molar-refractivity contribution in [1.29, 1.82) is 0 Å². The molecule has 0 unspecified atom stereocenters. The Hall–Kier alpha value is -4.94. The molecule has 0 radical (unpaired) electrons. The lowest BCUT2D eigenvalue weighted by molar-refractivity contribution is -0.188. The highest BCUT2D eigenvalue weighted by molar-refractivity contribution is 5.96. The molecule has 4 saturated carbocycles. The van der Waals surface area contributed by atoms with Crippen LogP contribution in [-0.4, -0.2) is 99.1 Å². The second kappa shape index (κ2) is 14.3. The third kappa shape index (κ3) is 5.67. The average Bonchev–Trinajstić information content (AvgIpc) is 4.22. The first-order chi connectivity index (χ1) is 32.8. The van der Waals surface area contributed by atoms with Crippen LogP contribution in [0.15, 0.2) is 48.5 Å². The zero-order valence-electron chi connectivity index (χ0n) is 39.2. The number of esters is 2. The number of fused-ring (bicyclic) bond motifs is 1. The largest absolute Gasteiger partial charge is 0.477 e. The van der Waals surface area contributed by atoms with Gasteiger partial charge < -0.3 is 24.4 Å². The van der Waals surface area contributed by atoms with E-state index in [1.807, 2.05) is 38.1 Å². The summed E-state index contributed by atoms with van der Waals surface area (Å²) in [6, 6.07) is 15.8. The van der Waals surface area contributed by atoms with Crippen molar-refractivity contribution in [3.63, 3.8) is 0 Å². The van der Waals surface area contributed by atoms with Gasteiger partial charge in [-0.05, 0) is 166 Å². The predicted molar refractivity (Wildman–Crippen MR) is 251 cm³/mol. The Bertz CT molecular complexity index is 2760. The van der Waals surface area contributed by atoms with Gasteiger partial charge in [-0.25, -0.2) is 0 Å². The summed E-state index contributed by atoms with van der Waals surface area (Å²) in [6.07, 6.45) is 8.71. The molecular formula is C57H60N2O9. The molecule has 0 amide bonds. The quantitative estimate of drug-likeness (QED) is 0.134. The van der Waals surface area contributed by atoms with E-state index in [0.717, 1.165) is 94.3 Å². The van der Waals surface area contributed by atoms with Crippen molar-refractivity contribution in [2.45, 2.75) is 150 Å². The fourth-order valence-corrected chi connectivity index (χ4v) is 16.3. The fraction of sp³-hybridized carbons (Fsp3) is 0.544. The number of likely N-dealkylation sites (tertiary alicyclic amines) is 2. The number of aliphatic hydroxyl groups is 2. The summed E-state index contributed by atoms with van der Waals surface area (Å²) in [5.41, 5.74) is 4.78. The minimum Gasteiger partial charge on any atom is -0.477 e. The zero-order valence-corrected chi connectivity index (χ0v) is 39.2. The predicted octanol–water partition coefficient (Wildman–Crippen LogP) is 6.43. The van der Waals surface area contributed by atoms with Crippen molar-refractivity contribution in [2.75, 3.05) is 26.2 Å². The number of carbonyl (C=O) groups is 4. The maximum atomic E-state index is 14.3. The van der Waals surface area contributed by atoms with Crippen LogP contribution >= 0.6 is 0 Å². The van der Waals surface area contributed by atoms with E-state index in [2.05, 4.69) is 28.0 Å². The monoisotopic (exact) mass is 916 g/mol. The van der Waals surface area contributed by atoms with E-state index in [9.17, 15) is 29.4 Å². The number of rotatable bonds is 10. The van der Waals surface area contributed by atoms with Gasteiger partial charge in [0.2, 0.25) is 0 Å². The van der Waals surface area contributed by atoms with E-state index >= 15 is 0 Å². The minimum atomic E-state index is -1.12. The number of nitrogens with zero attached hydrogens (tertiary/aromatic N) is 2. The Balaban J connectivity index is 0.755. The lowest BCUT2D eigenvalue weighted by Gasteiger charge is -2.64. The number of benzene rings is 4. The molecule has 8 atom stereocenters. The summed E-state index contributed by atoms with van der Waals surface area (Å²) in [4.78, 5) is 61.1. The van der Waals surface area contributed by atoms with Crippen LogP contribution in [0.4, 0.5) is 0 Å². The third-order valence-corrected chi connectivity index (χ3v) is 19.3. The molecule has 10 aliphatic rings. The van der Waals surface area contributed by atoms with Gasteiger partial charge in [-0.1, -0.05) is 47.5 Å². The lowest BCUT2D eigenvalue weighted by Crippen LogP contribution is -2.76. The Morgan fingerprint density at radius 1 is 0.676 bits per heavy atom. The van der Waals surface area contributed by atoms with Crippen molar-refractivity contribution in [2.24, 2.45) is 17.8 Å². The second-order valence-corrected chi connectivity index (χ2v) is 23.0. The Morgan fingerprint density at radius 3 is 1.84 bits per heavy atom. The van der Waals surface area contributed by atoms with Gasteiger partial charge in [0.1, 0.15) is 11.5 Å². The van der Waals surface area contributed by atoms with Gasteiger partial charge >= 0.3 is 11.9 Å². The molecule has 3 aliphatic heterocycles. The molecule has 11 heteroatoms. The summed E-state index contributed by atoms with van der Waals surface area (Å²) in [6.45, 7) is 7.62. The average molecular weight is 917 g/mol. The number of hydrogen-bond donors (Lipinski definition) is 2. The van der Waals surface area contributed by atoms with Crippen LogP contribution in [-0.2, 0) is 62.1 Å². The number of ether oxygens (including phenoxy) is 3. The van der Waals surface area contributed by atoms with Crippen LogP contribution in [0.3, 0.4) is 0 Å². The standard InChI is InChI=1S/C57H60N2O9/c1-30-19-36-20-31(2)22-38(26-48(63)67-44-10-8-35-24-46-57(65)14-12-42(61)53-55(57,51(35)52(44)68-53)16-18-59(46)29-33-5-6-33)49(36)37(21-30)25-47(62)66-43-9-7-34-23-45-56(64)13-11-41(60)40-27-39(43)50(34)54(40,56)15-17-58(45)28-32-3-4-32/h7-10,19-22,32-33,40,45-46,53,64-65H,3-6,11-18,23-29H2,1-2H3/t40-,45+,46+,53-,54+,55-,56+,57+/m0/s1. The Morgan fingerprint density at radius 2 is 1.22 bits per heavy atom. The van der Waals surface area contributed by atoms with Gasteiger partial charge in [0.05, 0.1) is 29.5 Å². The summed E-state index contributed by atoms with van der Waals surface area (Å²) in [5, 5.41) is 27.3. The number of carbonyl (C=O) groups excluding carboxylic acids is 4. The molecule has 7 aliphatic carbocycles. The molecule has 4 bridgehead atoms. The molecule has 14 rings (SSSR count). The molecule has 2 spiro atoms. The molecular weight excluding hydrogens is 857 g/mol. The highest BCUT2D eigenvalue weighted by atomic mass is 16.6. The van der Waals surface area contributed by atoms with E-state index in [4.69, 9.17) is 14.2 Å². The van der Waals surface area contributed by atoms with Gasteiger partial charge in [0.25, 0.3) is 0 Å². The SMILES string of the molecule is Cc1cc(CC(=O)Oc2ccc3c4c2C[C@H]2C(=O)CC[C@@]5(O)[C@@H](C3)N(CC3CC3)CC[C@]425)c2c(CC(=O)Oc3ccc4c5c3O[C@H]3C(=O)CC[C@@]6(O)[C@@H](C4)N(CC4CC4)CC[C@]536)cc(C)cc2c1. The third-order valence-electron chi connectivity index (χ3n) is 19.3. The molecule has 68 heavy (non-hydrogen) atoms. The number of hydrogen-bond acceptors (Lipinski definition) is 11. The van der Waals surface area contributed by atoms with Crippen molar-refractivity contribution in [1.82, 2.24) is 9.80 Å². The smallest absolute Gasteiger partial charge is 0.315 e. The van der Waals surface area contributed by atoms with Crippen molar-refractivity contribution in [3.05, 3.63) is 98.6 Å². The molecule has 11 nitrogen and oxygen atoms in total. The number of piperidine rings is 2. The topological polar surface area (TPSA) is 143 Å². The molecule has 2 N–H and O–H groups in total. The number of aryl methyl sites for hydroxylation is 2. The van der Waals surface area contributed by atoms with E-state index in [-0.39, 0.29) is 54.6 Å². The second-order valence-electron chi connectivity index (χ2n) is 23.0. The van der Waals surface area contributed by atoms with Gasteiger partial charge in [0.15, 0.2) is 23.4 Å². The van der Waals surface area contributed by atoms with Crippen LogP contribution in [0.5, 0.6) is 17.2 Å². The van der Waals surface area contributed by atoms with E-state index in [1.54, 1.807) is 6.07 Å². The fourth-order valence-electron chi connectivity index (χ4n) is 16.3. The highest BCUT2D eigenvalue weighted by Crippen LogP contribution is 2.67. The molecule has 352 valence electrons. The maximum absolute atomic E-state index is 14.3. The lowest BCUT2D eigenvalue weighted by atomic mass is 9.48. The first kappa shape index (κ1) is 42.0. The van der Waals surface area contributed by atoms with E-state index in [1.165, 1.54) is 31.2 Å². The van der Waals surface area contributed by atoms with Crippen molar-refractivity contribution < 1.29 is 43.6 Å². The highest BCUT2D eigenvalue weighted by Gasteiger charge is 2.74. The molecule has 6 fully saturated rings. The van der Waals surface area contributed by atoms with E-state index < -0.39 is 40.1 Å². The van der Waals surface area contributed by atoms with Crippen LogP contribution < -0.4 is 14.2 Å². The molecule has 2 saturated heterocycles. The summed E-state index contributed by atoms with van der Waals surface area (Å²) < 4.78 is 19.2. The number of ketones is 2. The Kier molecular flexibility index (Phi) is 8.85. The first-order valence-electron chi connectivity index (χ1n) is 25.7. The summed E-state index contributed by atoms with van der Waals surface area (Å²) >= 11 is 0. The summed E-state index contributed by atoms with van der Waals surface area (Å²) in [5.74, 6) is 1.46.